The molecule has 0 amide bonds. The smallest absolute Gasteiger partial charge is 0.420 e. The number of aliphatic carboxylic acids is 1. The number of nitrogens with zero attached hydrogens (tertiary/aromatic N) is 1. The molecule has 5 rings (SSSR count). The molecule has 0 radical (unpaired) electrons. The summed E-state index contributed by atoms with van der Waals surface area (Å²) in [6.45, 7) is 2.31. The molecular formula is C27H31F4NO3. The number of carboxylic acids is 1. The second-order valence-electron chi connectivity index (χ2n) is 10.7. The van der Waals surface area contributed by atoms with Crippen LogP contribution in [0.2, 0.25) is 0 Å². The highest BCUT2D eigenvalue weighted by Gasteiger charge is 2.43. The van der Waals surface area contributed by atoms with Crippen LogP contribution in [0, 0.1) is 17.7 Å². The molecule has 2 aromatic rings. The number of rotatable bonds is 5. The fraction of sp³-hybridized carbons (Fsp3) is 0.593. The summed E-state index contributed by atoms with van der Waals surface area (Å²) in [5.41, 5.74) is -0.639. The maximum Gasteiger partial charge on any atom is 0.420 e. The molecule has 2 aromatic carbocycles. The van der Waals surface area contributed by atoms with E-state index in [1.54, 1.807) is 0 Å². The average Bonchev–Trinajstić information content (AvgIpc) is 3.01. The molecule has 2 heterocycles. The third kappa shape index (κ3) is 4.86. The normalized spacial score (nSPS) is 29.5. The molecule has 2 bridgehead atoms. The Morgan fingerprint density at radius 3 is 2.31 bits per heavy atom. The fourth-order valence-electron chi connectivity index (χ4n) is 6.34. The third-order valence-electron chi connectivity index (χ3n) is 8.28. The Morgan fingerprint density at radius 2 is 1.71 bits per heavy atom. The molecule has 2 atom stereocenters. The van der Waals surface area contributed by atoms with Crippen molar-refractivity contribution in [3.63, 3.8) is 0 Å². The number of hydrogen-bond acceptors (Lipinski definition) is 3. The Balaban J connectivity index is 1.47. The molecule has 2 aliphatic heterocycles. The van der Waals surface area contributed by atoms with Crippen LogP contribution in [0.15, 0.2) is 24.3 Å². The van der Waals surface area contributed by atoms with Gasteiger partial charge in [-0.05, 0) is 86.3 Å². The number of halogens is 4. The monoisotopic (exact) mass is 493 g/mol. The highest BCUT2D eigenvalue weighted by molar-refractivity contribution is 5.89. The topological polar surface area (TPSA) is 49.8 Å². The number of carbonyl (C=O) groups is 1. The molecule has 190 valence electrons. The molecule has 2 unspecified atom stereocenters. The average molecular weight is 494 g/mol. The van der Waals surface area contributed by atoms with Crippen LogP contribution in [0.1, 0.15) is 69.4 Å². The van der Waals surface area contributed by atoms with Crippen LogP contribution in [-0.2, 0) is 17.5 Å². The minimum absolute atomic E-state index is 0.00962. The van der Waals surface area contributed by atoms with E-state index in [2.05, 4.69) is 11.8 Å². The lowest BCUT2D eigenvalue weighted by molar-refractivity contribution is -0.144. The maximum atomic E-state index is 15.1. The second-order valence-corrected chi connectivity index (χ2v) is 10.7. The van der Waals surface area contributed by atoms with Gasteiger partial charge in [0, 0.05) is 24.2 Å². The summed E-state index contributed by atoms with van der Waals surface area (Å²) in [4.78, 5) is 13.5. The molecule has 35 heavy (non-hydrogen) atoms. The zero-order chi connectivity index (χ0) is 24.9. The lowest BCUT2D eigenvalue weighted by Crippen LogP contribution is -2.44. The van der Waals surface area contributed by atoms with Gasteiger partial charge in [-0.15, -0.1) is 0 Å². The van der Waals surface area contributed by atoms with Gasteiger partial charge in [0.15, 0.2) is 0 Å². The summed E-state index contributed by atoms with van der Waals surface area (Å²) in [6, 6.07) is 5.34. The van der Waals surface area contributed by atoms with E-state index in [0.717, 1.165) is 38.5 Å². The van der Waals surface area contributed by atoms with Crippen molar-refractivity contribution in [1.82, 2.24) is 4.90 Å². The minimum Gasteiger partial charge on any atom is -0.490 e. The van der Waals surface area contributed by atoms with Crippen molar-refractivity contribution in [2.24, 2.45) is 11.8 Å². The minimum atomic E-state index is -4.65. The number of ether oxygens (including phenoxy) is 1. The summed E-state index contributed by atoms with van der Waals surface area (Å²) < 4.78 is 63.8. The number of alkyl halides is 3. The highest BCUT2D eigenvalue weighted by atomic mass is 19.4. The van der Waals surface area contributed by atoms with Crippen LogP contribution in [-0.4, -0.2) is 34.2 Å². The predicted octanol–water partition coefficient (Wildman–Crippen LogP) is 6.78. The Morgan fingerprint density at radius 1 is 1.06 bits per heavy atom. The van der Waals surface area contributed by atoms with E-state index in [1.165, 1.54) is 24.3 Å². The van der Waals surface area contributed by atoms with Gasteiger partial charge >= 0.3 is 12.1 Å². The largest absolute Gasteiger partial charge is 0.490 e. The van der Waals surface area contributed by atoms with Crippen molar-refractivity contribution >= 4 is 16.7 Å². The summed E-state index contributed by atoms with van der Waals surface area (Å²) in [6.07, 6.45) is 1.04. The molecule has 0 aromatic heterocycles. The maximum absolute atomic E-state index is 15.1. The van der Waals surface area contributed by atoms with Crippen LogP contribution in [0.25, 0.3) is 10.8 Å². The van der Waals surface area contributed by atoms with Gasteiger partial charge in [0.05, 0.1) is 12.0 Å². The Labute approximate surface area is 202 Å². The Kier molecular flexibility index (Phi) is 6.45. The van der Waals surface area contributed by atoms with Gasteiger partial charge in [0.2, 0.25) is 0 Å². The van der Waals surface area contributed by atoms with Gasteiger partial charge in [0.25, 0.3) is 0 Å². The number of fused-ring (bicyclic) bond motifs is 3. The van der Waals surface area contributed by atoms with Gasteiger partial charge in [-0.25, -0.2) is 4.39 Å². The van der Waals surface area contributed by atoms with Gasteiger partial charge < -0.3 is 9.84 Å². The molecule has 8 heteroatoms. The zero-order valence-corrected chi connectivity index (χ0v) is 19.8. The van der Waals surface area contributed by atoms with E-state index in [0.29, 0.717) is 18.8 Å². The van der Waals surface area contributed by atoms with Crippen LogP contribution in [0.3, 0.4) is 0 Å². The van der Waals surface area contributed by atoms with Crippen molar-refractivity contribution in [2.45, 2.75) is 89.2 Å². The summed E-state index contributed by atoms with van der Waals surface area (Å²) >= 11 is 0. The SMILES string of the molecule is C[C@H]1CC[C@@H](Oc2ccc3cc(F)c(CN4C5CCC4CC(C(=O)O)C5)cc3c2C(F)(F)F)CC1. The molecule has 1 aliphatic carbocycles. The van der Waals surface area contributed by atoms with Crippen molar-refractivity contribution in [3.8, 4) is 5.75 Å². The molecular weight excluding hydrogens is 462 g/mol. The van der Waals surface area contributed by atoms with Crippen LogP contribution in [0.5, 0.6) is 5.75 Å². The van der Waals surface area contributed by atoms with Gasteiger partial charge in [-0.2, -0.15) is 13.2 Å². The van der Waals surface area contributed by atoms with E-state index < -0.39 is 29.4 Å². The molecule has 1 saturated carbocycles. The van der Waals surface area contributed by atoms with Gasteiger partial charge in [-0.3, -0.25) is 9.69 Å². The fourth-order valence-corrected chi connectivity index (χ4v) is 6.34. The first-order valence-corrected chi connectivity index (χ1v) is 12.6. The molecule has 4 nitrogen and oxygen atoms in total. The van der Waals surface area contributed by atoms with E-state index >= 15 is 4.39 Å². The first kappa shape index (κ1) is 24.3. The lowest BCUT2D eigenvalue weighted by Gasteiger charge is -2.37. The van der Waals surface area contributed by atoms with Crippen molar-refractivity contribution in [1.29, 1.82) is 0 Å². The predicted molar refractivity (Wildman–Crippen MR) is 124 cm³/mol. The van der Waals surface area contributed by atoms with E-state index in [1.807, 2.05) is 0 Å². The third-order valence-corrected chi connectivity index (χ3v) is 8.28. The molecule has 3 fully saturated rings. The molecule has 2 saturated heterocycles. The standard InChI is InChI=1S/C27H31F4NO3/c1-15-2-7-21(8-3-15)35-24-9-4-16-13-23(28)18(12-22(16)25(24)27(29,30)31)14-32-19-5-6-20(32)11-17(10-19)26(33)34/h4,9,12-13,15,17,19-21H,2-3,5-8,10-11,14H2,1H3,(H,33,34)/t15-,17?,19?,20?,21+. The summed E-state index contributed by atoms with van der Waals surface area (Å²) in [7, 11) is 0. The Bertz CT molecular complexity index is 1100. The molecule has 0 spiro atoms. The second kappa shape index (κ2) is 9.26. The first-order valence-electron chi connectivity index (χ1n) is 12.6. The van der Waals surface area contributed by atoms with Gasteiger partial charge in [0.1, 0.15) is 17.1 Å². The lowest BCUT2D eigenvalue weighted by atomic mass is 9.89. The highest BCUT2D eigenvalue weighted by Crippen LogP contribution is 2.44. The summed E-state index contributed by atoms with van der Waals surface area (Å²) in [5.74, 6) is -1.41. The number of carboxylic acid groups (broad SMARTS) is 1. The van der Waals surface area contributed by atoms with Crippen molar-refractivity contribution < 1.29 is 32.2 Å². The summed E-state index contributed by atoms with van der Waals surface area (Å²) in [5, 5.41) is 9.54. The van der Waals surface area contributed by atoms with Crippen LogP contribution < -0.4 is 4.74 Å². The van der Waals surface area contributed by atoms with Crippen LogP contribution in [0.4, 0.5) is 17.6 Å². The zero-order valence-electron chi connectivity index (χ0n) is 19.8. The van der Waals surface area contributed by atoms with Gasteiger partial charge in [-0.1, -0.05) is 13.0 Å². The van der Waals surface area contributed by atoms with E-state index in [9.17, 15) is 23.1 Å². The van der Waals surface area contributed by atoms with Crippen molar-refractivity contribution in [2.75, 3.05) is 0 Å². The molecule has 1 N–H and O–H groups in total. The van der Waals surface area contributed by atoms with E-state index in [4.69, 9.17) is 4.74 Å². The number of benzene rings is 2. The Hall–Kier alpha value is -2.35. The number of piperidine rings is 1. The van der Waals surface area contributed by atoms with Crippen LogP contribution >= 0.6 is 0 Å². The number of hydrogen-bond donors (Lipinski definition) is 1. The van der Waals surface area contributed by atoms with Crippen molar-refractivity contribution in [3.05, 3.63) is 41.2 Å². The quantitative estimate of drug-likeness (QED) is 0.467. The molecule has 3 aliphatic rings. The first-order chi connectivity index (χ1) is 16.6. The van der Waals surface area contributed by atoms with E-state index in [-0.39, 0.29) is 46.8 Å².